The van der Waals surface area contributed by atoms with E-state index in [1.54, 1.807) is 26.0 Å². The van der Waals surface area contributed by atoms with E-state index in [-0.39, 0.29) is 23.0 Å². The Morgan fingerprint density at radius 3 is 2.52 bits per heavy atom. The molecular formula is C17H22N2O5S. The maximum Gasteiger partial charge on any atom is 0.335 e. The predicted molar refractivity (Wildman–Crippen MR) is 93.2 cm³/mol. The van der Waals surface area contributed by atoms with E-state index in [2.05, 4.69) is 4.72 Å². The molecule has 2 rings (SSSR count). The number of rotatable bonds is 7. The summed E-state index contributed by atoms with van der Waals surface area (Å²) in [5.74, 6) is -0.527. The van der Waals surface area contributed by atoms with Crippen molar-refractivity contribution in [1.29, 1.82) is 0 Å². The molecule has 0 radical (unpaired) electrons. The number of carboxylic acid groups (broad SMARTS) is 1. The van der Waals surface area contributed by atoms with Gasteiger partial charge in [0.1, 0.15) is 5.76 Å². The lowest BCUT2D eigenvalue weighted by molar-refractivity contribution is 0.0696. The third kappa shape index (κ3) is 4.28. The minimum Gasteiger partial charge on any atom is -0.478 e. The molecule has 0 saturated heterocycles. The number of aromatic carboxylic acids is 1. The second kappa shape index (κ2) is 7.38. The quantitative estimate of drug-likeness (QED) is 0.779. The maximum absolute atomic E-state index is 12.7. The van der Waals surface area contributed by atoms with Crippen LogP contribution in [0.2, 0.25) is 0 Å². The summed E-state index contributed by atoms with van der Waals surface area (Å²) in [6.45, 7) is 3.44. The molecule has 0 amide bonds. The van der Waals surface area contributed by atoms with Crippen molar-refractivity contribution < 1.29 is 22.7 Å². The van der Waals surface area contributed by atoms with Gasteiger partial charge < -0.3 is 9.52 Å². The third-order valence-electron chi connectivity index (χ3n) is 4.12. The second-order valence-corrected chi connectivity index (χ2v) is 7.80. The van der Waals surface area contributed by atoms with Gasteiger partial charge in [-0.2, -0.15) is 0 Å². The summed E-state index contributed by atoms with van der Waals surface area (Å²) in [6, 6.07) is 5.88. The standard InChI is InChI=1S/C17H22N2O5S/c1-11-8-13(17(20)21)9-16(12(11)2)25(22,23)18-10-14(19(3)4)15-6-5-7-24-15/h5-9,14,18H,10H2,1-4H3,(H,20,21). The average Bonchev–Trinajstić information content (AvgIpc) is 3.03. The first-order valence-electron chi connectivity index (χ1n) is 7.67. The number of sulfonamides is 1. The Balaban J connectivity index is 2.32. The lowest BCUT2D eigenvalue weighted by Crippen LogP contribution is -2.34. The molecule has 2 N–H and O–H groups in total. The fourth-order valence-corrected chi connectivity index (χ4v) is 3.89. The Kier molecular flexibility index (Phi) is 5.66. The first-order valence-corrected chi connectivity index (χ1v) is 9.16. The van der Waals surface area contributed by atoms with Crippen molar-refractivity contribution in [2.45, 2.75) is 24.8 Å². The predicted octanol–water partition coefficient (Wildman–Crippen LogP) is 2.18. The van der Waals surface area contributed by atoms with Gasteiger partial charge in [-0.05, 0) is 63.3 Å². The van der Waals surface area contributed by atoms with Gasteiger partial charge in [0.2, 0.25) is 10.0 Å². The SMILES string of the molecule is Cc1cc(C(=O)O)cc(S(=O)(=O)NCC(c2ccco2)N(C)C)c1C. The van der Waals surface area contributed by atoms with Crippen LogP contribution in [-0.2, 0) is 10.0 Å². The first kappa shape index (κ1) is 19.2. The molecule has 136 valence electrons. The number of nitrogens with zero attached hydrogens (tertiary/aromatic N) is 1. The smallest absolute Gasteiger partial charge is 0.335 e. The van der Waals surface area contributed by atoms with Crippen LogP contribution in [0.1, 0.15) is 33.3 Å². The fourth-order valence-electron chi connectivity index (χ4n) is 2.51. The average molecular weight is 366 g/mol. The van der Waals surface area contributed by atoms with Crippen LogP contribution >= 0.6 is 0 Å². The molecule has 8 heteroatoms. The summed E-state index contributed by atoms with van der Waals surface area (Å²) in [4.78, 5) is 13.0. The number of likely N-dealkylation sites (N-methyl/N-ethyl adjacent to an activating group) is 1. The molecule has 1 unspecified atom stereocenters. The largest absolute Gasteiger partial charge is 0.478 e. The van der Waals surface area contributed by atoms with Gasteiger partial charge in [-0.3, -0.25) is 4.90 Å². The molecule has 0 aliphatic heterocycles. The number of nitrogens with one attached hydrogen (secondary N) is 1. The van der Waals surface area contributed by atoms with E-state index in [1.807, 2.05) is 19.0 Å². The van der Waals surface area contributed by atoms with Crippen molar-refractivity contribution in [3.05, 3.63) is 53.0 Å². The van der Waals surface area contributed by atoms with Crippen LogP contribution in [-0.4, -0.2) is 45.0 Å². The number of furan rings is 1. The Bertz CT molecular complexity index is 857. The number of aryl methyl sites for hydroxylation is 1. The van der Waals surface area contributed by atoms with Crippen LogP contribution in [0.15, 0.2) is 39.8 Å². The maximum atomic E-state index is 12.7. The van der Waals surface area contributed by atoms with Crippen LogP contribution in [0.5, 0.6) is 0 Å². The van der Waals surface area contributed by atoms with Gasteiger partial charge in [-0.25, -0.2) is 17.9 Å². The van der Waals surface area contributed by atoms with E-state index in [9.17, 15) is 18.3 Å². The first-order chi connectivity index (χ1) is 11.6. The van der Waals surface area contributed by atoms with Crippen LogP contribution in [0.25, 0.3) is 0 Å². The summed E-state index contributed by atoms with van der Waals surface area (Å²) < 4.78 is 33.4. The normalized spacial score (nSPS) is 13.2. The van der Waals surface area contributed by atoms with Gasteiger partial charge in [0.15, 0.2) is 0 Å². The molecule has 0 aliphatic carbocycles. The summed E-state index contributed by atoms with van der Waals surface area (Å²) in [5.41, 5.74) is 1.08. The van der Waals surface area contributed by atoms with Gasteiger partial charge in [0, 0.05) is 6.54 Å². The molecule has 0 saturated carbocycles. The van der Waals surface area contributed by atoms with Crippen molar-refractivity contribution in [2.75, 3.05) is 20.6 Å². The molecule has 1 aromatic carbocycles. The van der Waals surface area contributed by atoms with E-state index in [0.29, 0.717) is 16.9 Å². The number of carboxylic acids is 1. The van der Waals surface area contributed by atoms with Gasteiger partial charge in [0.25, 0.3) is 0 Å². The molecule has 1 heterocycles. The zero-order valence-corrected chi connectivity index (χ0v) is 15.4. The van der Waals surface area contributed by atoms with E-state index in [0.717, 1.165) is 0 Å². The highest BCUT2D eigenvalue weighted by Gasteiger charge is 2.24. The van der Waals surface area contributed by atoms with E-state index in [4.69, 9.17) is 4.42 Å². The molecule has 0 fully saturated rings. The topological polar surface area (TPSA) is 99.8 Å². The van der Waals surface area contributed by atoms with Crippen molar-refractivity contribution in [2.24, 2.45) is 0 Å². The van der Waals surface area contributed by atoms with Gasteiger partial charge in [0.05, 0.1) is 22.8 Å². The summed E-state index contributed by atoms with van der Waals surface area (Å²) in [7, 11) is -0.228. The zero-order valence-electron chi connectivity index (χ0n) is 14.6. The van der Waals surface area contributed by atoms with Gasteiger partial charge >= 0.3 is 5.97 Å². The number of benzene rings is 1. The third-order valence-corrected chi connectivity index (χ3v) is 5.67. The Hall–Kier alpha value is -2.16. The molecular weight excluding hydrogens is 344 g/mol. The van der Waals surface area contributed by atoms with Crippen LogP contribution in [0.3, 0.4) is 0 Å². The number of hydrogen-bond donors (Lipinski definition) is 2. The molecule has 1 atom stereocenters. The molecule has 0 bridgehead atoms. The molecule has 2 aromatic rings. The minimum absolute atomic E-state index is 0.0261. The molecule has 7 nitrogen and oxygen atoms in total. The highest BCUT2D eigenvalue weighted by atomic mass is 32.2. The molecule has 0 aliphatic rings. The summed E-state index contributed by atoms with van der Waals surface area (Å²) in [6.07, 6.45) is 1.53. The lowest BCUT2D eigenvalue weighted by Gasteiger charge is -2.23. The van der Waals surface area contributed by atoms with Gasteiger partial charge in [-0.1, -0.05) is 0 Å². The van der Waals surface area contributed by atoms with E-state index < -0.39 is 16.0 Å². The fraction of sp³-hybridized carbons (Fsp3) is 0.353. The van der Waals surface area contributed by atoms with E-state index in [1.165, 1.54) is 18.4 Å². The Labute approximate surface area is 147 Å². The van der Waals surface area contributed by atoms with Crippen LogP contribution < -0.4 is 4.72 Å². The lowest BCUT2D eigenvalue weighted by atomic mass is 10.1. The van der Waals surface area contributed by atoms with Crippen molar-refractivity contribution >= 4 is 16.0 Å². The van der Waals surface area contributed by atoms with E-state index >= 15 is 0 Å². The summed E-state index contributed by atoms with van der Waals surface area (Å²) in [5, 5.41) is 9.17. The van der Waals surface area contributed by atoms with Gasteiger partial charge in [-0.15, -0.1) is 0 Å². The van der Waals surface area contributed by atoms with Crippen molar-refractivity contribution in [3.63, 3.8) is 0 Å². The minimum atomic E-state index is -3.87. The van der Waals surface area contributed by atoms with Crippen molar-refractivity contribution in [1.82, 2.24) is 9.62 Å². The molecule has 25 heavy (non-hydrogen) atoms. The Morgan fingerprint density at radius 1 is 1.32 bits per heavy atom. The monoisotopic (exact) mass is 366 g/mol. The van der Waals surface area contributed by atoms with Crippen LogP contribution in [0, 0.1) is 13.8 Å². The summed E-state index contributed by atoms with van der Waals surface area (Å²) >= 11 is 0. The number of carbonyl (C=O) groups is 1. The zero-order chi connectivity index (χ0) is 18.8. The highest BCUT2D eigenvalue weighted by molar-refractivity contribution is 7.89. The highest BCUT2D eigenvalue weighted by Crippen LogP contribution is 2.23. The van der Waals surface area contributed by atoms with Crippen molar-refractivity contribution in [3.8, 4) is 0 Å². The molecule has 0 spiro atoms. The molecule has 1 aromatic heterocycles. The number of hydrogen-bond acceptors (Lipinski definition) is 5. The Morgan fingerprint density at radius 2 is 2.00 bits per heavy atom. The second-order valence-electron chi connectivity index (χ2n) is 6.07. The van der Waals surface area contributed by atoms with Crippen LogP contribution in [0.4, 0.5) is 0 Å².